The van der Waals surface area contributed by atoms with E-state index in [1.807, 2.05) is 4.90 Å². The van der Waals surface area contributed by atoms with E-state index in [0.29, 0.717) is 29.7 Å². The van der Waals surface area contributed by atoms with E-state index in [4.69, 9.17) is 11.6 Å². The first-order valence-corrected chi connectivity index (χ1v) is 9.11. The number of urea groups is 1. The molecule has 0 atom stereocenters. The highest BCUT2D eigenvalue weighted by Crippen LogP contribution is 2.19. The predicted octanol–water partition coefficient (Wildman–Crippen LogP) is 3.19. The summed E-state index contributed by atoms with van der Waals surface area (Å²) >= 11 is 5.84. The summed E-state index contributed by atoms with van der Waals surface area (Å²) in [6.07, 6.45) is 6.20. The molecule has 0 radical (unpaired) electrons. The van der Waals surface area contributed by atoms with Crippen molar-refractivity contribution >= 4 is 23.5 Å². The maximum atomic E-state index is 12.3. The normalized spacial score (nSPS) is 19.3. The Morgan fingerprint density at radius 1 is 0.917 bits per heavy atom. The van der Waals surface area contributed by atoms with Crippen LogP contribution in [0.2, 0.25) is 5.02 Å². The number of carbonyl (C=O) groups is 2. The Bertz CT molecular complexity index is 576. The molecule has 2 fully saturated rings. The van der Waals surface area contributed by atoms with Crippen LogP contribution in [-0.4, -0.2) is 42.0 Å². The first-order chi connectivity index (χ1) is 11.6. The first-order valence-electron chi connectivity index (χ1n) is 8.74. The molecule has 1 saturated carbocycles. The quantitative estimate of drug-likeness (QED) is 0.880. The van der Waals surface area contributed by atoms with E-state index in [1.165, 1.54) is 12.8 Å². The average Bonchev–Trinajstić information content (AvgIpc) is 3.09. The zero-order chi connectivity index (χ0) is 16.9. The van der Waals surface area contributed by atoms with Crippen LogP contribution in [0, 0.1) is 0 Å². The molecule has 0 unspecified atom stereocenters. The summed E-state index contributed by atoms with van der Waals surface area (Å²) in [6.45, 7) is 1.37. The third kappa shape index (κ3) is 4.41. The third-order valence-electron chi connectivity index (χ3n) is 4.91. The van der Waals surface area contributed by atoms with E-state index in [2.05, 4.69) is 10.6 Å². The smallest absolute Gasteiger partial charge is 0.317 e. The van der Waals surface area contributed by atoms with Gasteiger partial charge in [-0.3, -0.25) is 4.79 Å². The van der Waals surface area contributed by atoms with Crippen LogP contribution in [0.1, 0.15) is 48.9 Å². The molecule has 1 aliphatic carbocycles. The van der Waals surface area contributed by atoms with Crippen molar-refractivity contribution in [2.45, 2.75) is 50.6 Å². The van der Waals surface area contributed by atoms with E-state index in [-0.39, 0.29) is 18.0 Å². The minimum Gasteiger partial charge on any atom is -0.349 e. The average molecular weight is 350 g/mol. The van der Waals surface area contributed by atoms with Crippen molar-refractivity contribution in [3.63, 3.8) is 0 Å². The number of nitrogens with zero attached hydrogens (tertiary/aromatic N) is 1. The van der Waals surface area contributed by atoms with Crippen molar-refractivity contribution in [2.75, 3.05) is 13.1 Å². The maximum Gasteiger partial charge on any atom is 0.317 e. The van der Waals surface area contributed by atoms with Gasteiger partial charge in [0, 0.05) is 35.8 Å². The van der Waals surface area contributed by atoms with Crippen LogP contribution in [0.4, 0.5) is 4.79 Å². The molecule has 0 aromatic heterocycles. The van der Waals surface area contributed by atoms with Gasteiger partial charge in [-0.1, -0.05) is 24.4 Å². The summed E-state index contributed by atoms with van der Waals surface area (Å²) < 4.78 is 0. The molecule has 3 amide bonds. The van der Waals surface area contributed by atoms with Crippen molar-refractivity contribution in [1.82, 2.24) is 15.5 Å². The van der Waals surface area contributed by atoms with Crippen LogP contribution in [0.5, 0.6) is 0 Å². The van der Waals surface area contributed by atoms with Gasteiger partial charge >= 0.3 is 6.03 Å². The Labute approximate surface area is 147 Å². The topological polar surface area (TPSA) is 61.4 Å². The molecule has 1 aromatic rings. The highest BCUT2D eigenvalue weighted by molar-refractivity contribution is 6.30. The van der Waals surface area contributed by atoms with E-state index >= 15 is 0 Å². The van der Waals surface area contributed by atoms with Gasteiger partial charge in [0.05, 0.1) is 0 Å². The van der Waals surface area contributed by atoms with Crippen LogP contribution in [0.3, 0.4) is 0 Å². The molecule has 2 aliphatic rings. The highest BCUT2D eigenvalue weighted by Gasteiger charge is 2.26. The lowest BCUT2D eigenvalue weighted by Gasteiger charge is -2.33. The van der Waals surface area contributed by atoms with Gasteiger partial charge < -0.3 is 15.5 Å². The van der Waals surface area contributed by atoms with Gasteiger partial charge in [-0.15, -0.1) is 0 Å². The maximum absolute atomic E-state index is 12.3. The largest absolute Gasteiger partial charge is 0.349 e. The number of halogens is 1. The van der Waals surface area contributed by atoms with Crippen LogP contribution in [0.15, 0.2) is 24.3 Å². The Balaban J connectivity index is 1.43. The van der Waals surface area contributed by atoms with Crippen molar-refractivity contribution in [3.8, 4) is 0 Å². The van der Waals surface area contributed by atoms with E-state index < -0.39 is 0 Å². The van der Waals surface area contributed by atoms with Gasteiger partial charge in [0.2, 0.25) is 0 Å². The molecule has 1 saturated heterocycles. The van der Waals surface area contributed by atoms with Crippen molar-refractivity contribution in [3.05, 3.63) is 34.9 Å². The van der Waals surface area contributed by atoms with Gasteiger partial charge in [0.15, 0.2) is 0 Å². The lowest BCUT2D eigenvalue weighted by Crippen LogP contribution is -2.51. The molecule has 0 spiro atoms. The predicted molar refractivity (Wildman–Crippen MR) is 94.3 cm³/mol. The number of likely N-dealkylation sites (tertiary alicyclic amines) is 1. The monoisotopic (exact) mass is 349 g/mol. The molecule has 2 N–H and O–H groups in total. The van der Waals surface area contributed by atoms with Crippen molar-refractivity contribution < 1.29 is 9.59 Å². The Morgan fingerprint density at radius 3 is 2.12 bits per heavy atom. The molecule has 1 aliphatic heterocycles. The highest BCUT2D eigenvalue weighted by atomic mass is 35.5. The molecule has 6 heteroatoms. The number of amides is 3. The number of hydrogen-bond acceptors (Lipinski definition) is 2. The van der Waals surface area contributed by atoms with Crippen LogP contribution in [-0.2, 0) is 0 Å². The second-order valence-corrected chi connectivity index (χ2v) is 7.11. The second kappa shape index (κ2) is 7.88. The number of hydrogen-bond donors (Lipinski definition) is 2. The summed E-state index contributed by atoms with van der Waals surface area (Å²) in [6, 6.07) is 7.38. The Kier molecular flexibility index (Phi) is 5.61. The standard InChI is InChI=1S/C18H24ClN3O2/c19-14-7-5-13(6-8-14)17(23)20-16-9-11-22(12-10-16)18(24)21-15-3-1-2-4-15/h5-8,15-16H,1-4,9-12H2,(H,20,23)(H,21,24). The lowest BCUT2D eigenvalue weighted by atomic mass is 10.0. The summed E-state index contributed by atoms with van der Waals surface area (Å²) in [5.74, 6) is -0.0828. The number of nitrogens with one attached hydrogen (secondary N) is 2. The van der Waals surface area contributed by atoms with Gasteiger partial charge in [-0.25, -0.2) is 4.79 Å². The Hall–Kier alpha value is -1.75. The third-order valence-corrected chi connectivity index (χ3v) is 5.16. The van der Waals surface area contributed by atoms with Crippen molar-refractivity contribution in [2.24, 2.45) is 0 Å². The molecule has 130 valence electrons. The second-order valence-electron chi connectivity index (χ2n) is 6.67. The van der Waals surface area contributed by atoms with Crippen molar-refractivity contribution in [1.29, 1.82) is 0 Å². The van der Waals surface area contributed by atoms with Gasteiger partial charge in [0.25, 0.3) is 5.91 Å². The fourth-order valence-electron chi connectivity index (χ4n) is 3.43. The summed E-state index contributed by atoms with van der Waals surface area (Å²) in [4.78, 5) is 26.3. The zero-order valence-corrected chi connectivity index (χ0v) is 14.5. The molecule has 3 rings (SSSR count). The van der Waals surface area contributed by atoms with Gasteiger partial charge in [0.1, 0.15) is 0 Å². The molecule has 5 nitrogen and oxygen atoms in total. The minimum atomic E-state index is -0.0828. The first kappa shape index (κ1) is 17.1. The lowest BCUT2D eigenvalue weighted by molar-refractivity contribution is 0.0917. The molecular formula is C18H24ClN3O2. The van der Waals surface area contributed by atoms with Crippen LogP contribution in [0.25, 0.3) is 0 Å². The van der Waals surface area contributed by atoms with E-state index in [9.17, 15) is 9.59 Å². The van der Waals surface area contributed by atoms with Gasteiger partial charge in [-0.2, -0.15) is 0 Å². The molecular weight excluding hydrogens is 326 g/mol. The van der Waals surface area contributed by atoms with E-state index in [1.54, 1.807) is 24.3 Å². The number of rotatable bonds is 3. The Morgan fingerprint density at radius 2 is 1.50 bits per heavy atom. The summed E-state index contributed by atoms with van der Waals surface area (Å²) in [7, 11) is 0. The summed E-state index contributed by atoms with van der Waals surface area (Å²) in [5.41, 5.74) is 0.612. The minimum absolute atomic E-state index is 0.0457. The zero-order valence-electron chi connectivity index (χ0n) is 13.8. The van der Waals surface area contributed by atoms with Crippen LogP contribution < -0.4 is 10.6 Å². The van der Waals surface area contributed by atoms with E-state index in [0.717, 1.165) is 25.7 Å². The molecule has 24 heavy (non-hydrogen) atoms. The fourth-order valence-corrected chi connectivity index (χ4v) is 3.56. The number of benzene rings is 1. The SMILES string of the molecule is O=C(NC1CCN(C(=O)NC2CCCC2)CC1)c1ccc(Cl)cc1. The number of piperidine rings is 1. The fraction of sp³-hybridized carbons (Fsp3) is 0.556. The van der Waals surface area contributed by atoms with Crippen LogP contribution >= 0.6 is 11.6 Å². The molecule has 0 bridgehead atoms. The summed E-state index contributed by atoms with van der Waals surface area (Å²) in [5, 5.41) is 6.79. The number of carbonyl (C=O) groups excluding carboxylic acids is 2. The molecule has 1 heterocycles. The van der Waals surface area contributed by atoms with Gasteiger partial charge in [-0.05, 0) is 49.9 Å². The molecule has 1 aromatic carbocycles.